The molecule has 0 saturated carbocycles. The van der Waals surface area contributed by atoms with Gasteiger partial charge in [0.15, 0.2) is 0 Å². The molecule has 0 radical (unpaired) electrons. The quantitative estimate of drug-likeness (QED) is 0.894. The largest absolute Gasteiger partial charge is 0.379 e. The highest BCUT2D eigenvalue weighted by molar-refractivity contribution is 6.05. The number of aryl methyl sites for hydroxylation is 2. The van der Waals surface area contributed by atoms with Crippen LogP contribution in [0.15, 0.2) is 36.7 Å². The molecule has 0 fully saturated rings. The molecule has 0 saturated heterocycles. The maximum atomic E-state index is 12.4. The molecule has 1 aromatic heterocycles. The normalized spacial score (nSPS) is 11.1. The summed E-state index contributed by atoms with van der Waals surface area (Å²) in [5, 5.41) is 6.27. The van der Waals surface area contributed by atoms with Crippen molar-refractivity contribution in [1.29, 1.82) is 0 Å². The van der Waals surface area contributed by atoms with Crippen molar-refractivity contribution in [2.24, 2.45) is 0 Å². The van der Waals surface area contributed by atoms with Gasteiger partial charge in [-0.2, -0.15) is 0 Å². The topological polar surface area (TPSA) is 54.0 Å². The Kier molecular flexibility index (Phi) is 4.50. The summed E-state index contributed by atoms with van der Waals surface area (Å²) in [4.78, 5) is 16.6. The lowest BCUT2D eigenvalue weighted by atomic mass is 10.1. The van der Waals surface area contributed by atoms with Crippen molar-refractivity contribution in [3.63, 3.8) is 0 Å². The molecule has 0 aliphatic rings. The molecule has 116 valence electrons. The minimum atomic E-state index is -0.154. The van der Waals surface area contributed by atoms with Gasteiger partial charge < -0.3 is 10.6 Å². The lowest BCUT2D eigenvalue weighted by Crippen LogP contribution is -2.26. The van der Waals surface area contributed by atoms with Gasteiger partial charge in [0.2, 0.25) is 0 Å². The molecule has 1 heterocycles. The summed E-state index contributed by atoms with van der Waals surface area (Å²) in [6.45, 7) is 10.2. The van der Waals surface area contributed by atoms with E-state index in [0.717, 1.165) is 22.5 Å². The van der Waals surface area contributed by atoms with Crippen LogP contribution in [-0.4, -0.2) is 16.4 Å². The van der Waals surface area contributed by atoms with Crippen LogP contribution in [0.5, 0.6) is 0 Å². The number of aromatic nitrogens is 1. The number of carbonyl (C=O) groups excluding carboxylic acids is 1. The van der Waals surface area contributed by atoms with Crippen LogP contribution in [0.4, 0.5) is 11.4 Å². The van der Waals surface area contributed by atoms with E-state index >= 15 is 0 Å². The van der Waals surface area contributed by atoms with E-state index < -0.39 is 0 Å². The van der Waals surface area contributed by atoms with Crippen molar-refractivity contribution < 1.29 is 4.79 Å². The van der Waals surface area contributed by atoms with Crippen LogP contribution in [0.2, 0.25) is 0 Å². The number of carbonyl (C=O) groups is 1. The number of benzene rings is 1. The second-order valence-corrected chi connectivity index (χ2v) is 6.61. The fourth-order valence-corrected chi connectivity index (χ4v) is 2.13. The van der Waals surface area contributed by atoms with Crippen molar-refractivity contribution in [2.45, 2.75) is 40.2 Å². The Balaban J connectivity index is 2.19. The zero-order valence-corrected chi connectivity index (χ0v) is 13.8. The van der Waals surface area contributed by atoms with Crippen LogP contribution in [-0.2, 0) is 0 Å². The predicted molar refractivity (Wildman–Crippen MR) is 91.5 cm³/mol. The molecule has 2 rings (SSSR count). The van der Waals surface area contributed by atoms with Crippen LogP contribution in [0.1, 0.15) is 42.3 Å². The maximum Gasteiger partial charge on any atom is 0.257 e. The Bertz CT molecular complexity index is 687. The van der Waals surface area contributed by atoms with Crippen molar-refractivity contribution in [2.75, 3.05) is 10.6 Å². The predicted octanol–water partition coefficient (Wildman–Crippen LogP) is 4.16. The number of pyridine rings is 1. The molecular weight excluding hydrogens is 274 g/mol. The fourth-order valence-electron chi connectivity index (χ4n) is 2.13. The molecular formula is C18H23N3O. The molecule has 0 spiro atoms. The summed E-state index contributed by atoms with van der Waals surface area (Å²) < 4.78 is 0. The molecule has 0 atom stereocenters. The van der Waals surface area contributed by atoms with Crippen molar-refractivity contribution >= 4 is 17.3 Å². The fraction of sp³-hybridized carbons (Fsp3) is 0.333. The number of nitrogens with zero attached hydrogens (tertiary/aromatic N) is 1. The van der Waals surface area contributed by atoms with Crippen LogP contribution in [0.3, 0.4) is 0 Å². The summed E-state index contributed by atoms with van der Waals surface area (Å²) in [6.07, 6.45) is 3.30. The van der Waals surface area contributed by atoms with Crippen LogP contribution in [0.25, 0.3) is 0 Å². The standard InChI is InChI=1S/C18H23N3O/c1-12-6-7-13(2)16(8-12)20-17(22)14-9-15(11-19-10-14)21-18(3,4)5/h6-11,21H,1-5H3,(H,20,22). The molecule has 4 nitrogen and oxygen atoms in total. The first kappa shape index (κ1) is 16.0. The van der Waals surface area contributed by atoms with Crippen LogP contribution < -0.4 is 10.6 Å². The lowest BCUT2D eigenvalue weighted by Gasteiger charge is -2.22. The van der Waals surface area contributed by atoms with E-state index in [1.165, 1.54) is 0 Å². The summed E-state index contributed by atoms with van der Waals surface area (Å²) in [6, 6.07) is 7.82. The van der Waals surface area contributed by atoms with E-state index in [2.05, 4.69) is 36.4 Å². The summed E-state index contributed by atoms with van der Waals surface area (Å²) in [7, 11) is 0. The molecule has 22 heavy (non-hydrogen) atoms. The molecule has 0 aliphatic carbocycles. The van der Waals surface area contributed by atoms with Gasteiger partial charge >= 0.3 is 0 Å². The Morgan fingerprint density at radius 2 is 1.82 bits per heavy atom. The second kappa shape index (κ2) is 6.18. The Morgan fingerprint density at radius 1 is 1.09 bits per heavy atom. The van der Waals surface area contributed by atoms with Gasteiger partial charge in [-0.3, -0.25) is 9.78 Å². The third-order valence-electron chi connectivity index (χ3n) is 3.16. The van der Waals surface area contributed by atoms with Gasteiger partial charge in [0.1, 0.15) is 0 Å². The average molecular weight is 297 g/mol. The highest BCUT2D eigenvalue weighted by Crippen LogP contribution is 2.19. The monoisotopic (exact) mass is 297 g/mol. The van der Waals surface area contributed by atoms with Gasteiger partial charge in [-0.05, 0) is 57.9 Å². The highest BCUT2D eigenvalue weighted by Gasteiger charge is 2.13. The molecule has 0 unspecified atom stereocenters. The molecule has 1 aromatic carbocycles. The first-order valence-corrected chi connectivity index (χ1v) is 7.36. The van der Waals surface area contributed by atoms with Gasteiger partial charge in [-0.25, -0.2) is 0 Å². The van der Waals surface area contributed by atoms with Gasteiger partial charge in [0, 0.05) is 23.6 Å². The SMILES string of the molecule is Cc1ccc(C)c(NC(=O)c2cncc(NC(C)(C)C)c2)c1. The smallest absolute Gasteiger partial charge is 0.257 e. The number of amides is 1. The van der Waals surface area contributed by atoms with E-state index in [-0.39, 0.29) is 11.4 Å². The van der Waals surface area contributed by atoms with Gasteiger partial charge in [-0.1, -0.05) is 12.1 Å². The van der Waals surface area contributed by atoms with Gasteiger partial charge in [0.25, 0.3) is 5.91 Å². The van der Waals surface area contributed by atoms with Crippen LogP contribution in [0, 0.1) is 13.8 Å². The third kappa shape index (κ3) is 4.32. The molecule has 4 heteroatoms. The number of anilines is 2. The zero-order valence-electron chi connectivity index (χ0n) is 13.8. The minimum absolute atomic E-state index is 0.0795. The molecule has 1 amide bonds. The number of nitrogens with one attached hydrogen (secondary N) is 2. The van der Waals surface area contributed by atoms with E-state index in [0.29, 0.717) is 5.56 Å². The number of rotatable bonds is 3. The molecule has 2 N–H and O–H groups in total. The maximum absolute atomic E-state index is 12.4. The Hall–Kier alpha value is -2.36. The number of hydrogen-bond donors (Lipinski definition) is 2. The van der Waals surface area contributed by atoms with E-state index in [9.17, 15) is 4.79 Å². The van der Waals surface area contributed by atoms with E-state index in [4.69, 9.17) is 0 Å². The highest BCUT2D eigenvalue weighted by atomic mass is 16.1. The van der Waals surface area contributed by atoms with Gasteiger partial charge in [0.05, 0.1) is 11.3 Å². The summed E-state index contributed by atoms with van der Waals surface area (Å²) in [5.74, 6) is -0.154. The van der Waals surface area contributed by atoms with Crippen molar-refractivity contribution in [3.8, 4) is 0 Å². The summed E-state index contributed by atoms with van der Waals surface area (Å²) >= 11 is 0. The second-order valence-electron chi connectivity index (χ2n) is 6.61. The van der Waals surface area contributed by atoms with Crippen molar-refractivity contribution in [3.05, 3.63) is 53.3 Å². The first-order valence-electron chi connectivity index (χ1n) is 7.36. The van der Waals surface area contributed by atoms with Crippen molar-refractivity contribution in [1.82, 2.24) is 4.98 Å². The molecule has 0 bridgehead atoms. The summed E-state index contributed by atoms with van der Waals surface area (Å²) in [5.41, 5.74) is 4.28. The van der Waals surface area contributed by atoms with E-state index in [1.54, 1.807) is 12.4 Å². The van der Waals surface area contributed by atoms with E-state index in [1.807, 2.05) is 38.1 Å². The third-order valence-corrected chi connectivity index (χ3v) is 3.16. The average Bonchev–Trinajstić information content (AvgIpc) is 2.41. The van der Waals surface area contributed by atoms with Gasteiger partial charge in [-0.15, -0.1) is 0 Å². The molecule has 2 aromatic rings. The van der Waals surface area contributed by atoms with Crippen LogP contribution >= 0.6 is 0 Å². The zero-order chi connectivity index (χ0) is 16.3. The Morgan fingerprint density at radius 3 is 2.50 bits per heavy atom. The minimum Gasteiger partial charge on any atom is -0.379 e. The molecule has 0 aliphatic heterocycles. The lowest BCUT2D eigenvalue weighted by molar-refractivity contribution is 0.102. The number of hydrogen-bond acceptors (Lipinski definition) is 3. The Labute approximate surface area is 132 Å². The first-order chi connectivity index (χ1) is 10.2.